The van der Waals surface area contributed by atoms with E-state index < -0.39 is 0 Å². The van der Waals surface area contributed by atoms with E-state index in [1.807, 2.05) is 32.9 Å². The molecular weight excluding hydrogens is 250 g/mol. The van der Waals surface area contributed by atoms with Crippen molar-refractivity contribution in [1.29, 1.82) is 0 Å². The number of nitrogen functional groups attached to an aromatic ring is 1. The summed E-state index contributed by atoms with van der Waals surface area (Å²) in [6, 6.07) is 11.3. The number of aryl methyl sites for hydroxylation is 3. The van der Waals surface area contributed by atoms with Crippen LogP contribution in [-0.2, 0) is 11.3 Å². The highest BCUT2D eigenvalue weighted by atomic mass is 16.5. The van der Waals surface area contributed by atoms with Crippen molar-refractivity contribution in [2.75, 3.05) is 5.73 Å². The van der Waals surface area contributed by atoms with Crippen molar-refractivity contribution in [3.63, 3.8) is 0 Å². The van der Waals surface area contributed by atoms with E-state index in [2.05, 4.69) is 6.07 Å². The lowest BCUT2D eigenvalue weighted by Crippen LogP contribution is -2.07. The summed E-state index contributed by atoms with van der Waals surface area (Å²) in [5, 5.41) is 0. The lowest BCUT2D eigenvalue weighted by atomic mass is 10.1. The summed E-state index contributed by atoms with van der Waals surface area (Å²) in [5.74, 6) is -0.318. The Morgan fingerprint density at radius 3 is 2.30 bits per heavy atom. The largest absolute Gasteiger partial charge is 0.457 e. The normalized spacial score (nSPS) is 10.3. The number of benzene rings is 2. The zero-order valence-electron chi connectivity index (χ0n) is 12.1. The number of esters is 1. The van der Waals surface area contributed by atoms with E-state index in [-0.39, 0.29) is 12.6 Å². The van der Waals surface area contributed by atoms with E-state index in [1.165, 1.54) is 11.1 Å². The van der Waals surface area contributed by atoms with E-state index in [0.717, 1.165) is 11.1 Å². The average Bonchev–Trinajstić information content (AvgIpc) is 2.35. The molecule has 2 rings (SSSR count). The predicted octanol–water partition coefficient (Wildman–Crippen LogP) is 3.55. The van der Waals surface area contributed by atoms with E-state index in [0.29, 0.717) is 11.3 Å². The van der Waals surface area contributed by atoms with Crippen LogP contribution in [0.4, 0.5) is 5.69 Å². The zero-order valence-corrected chi connectivity index (χ0v) is 12.1. The minimum absolute atomic E-state index is 0.283. The molecule has 0 radical (unpaired) electrons. The van der Waals surface area contributed by atoms with Gasteiger partial charge in [0.05, 0.1) is 5.56 Å². The summed E-state index contributed by atoms with van der Waals surface area (Å²) >= 11 is 0. The molecule has 0 bridgehead atoms. The van der Waals surface area contributed by atoms with Crippen LogP contribution in [0.1, 0.15) is 32.6 Å². The molecule has 2 aromatic carbocycles. The van der Waals surface area contributed by atoms with E-state index >= 15 is 0 Å². The van der Waals surface area contributed by atoms with Gasteiger partial charge in [-0.3, -0.25) is 0 Å². The smallest absolute Gasteiger partial charge is 0.338 e. The second kappa shape index (κ2) is 5.78. The quantitative estimate of drug-likeness (QED) is 0.684. The van der Waals surface area contributed by atoms with Gasteiger partial charge in [0.25, 0.3) is 0 Å². The summed E-state index contributed by atoms with van der Waals surface area (Å²) in [4.78, 5) is 12.1. The number of anilines is 1. The first-order chi connectivity index (χ1) is 9.45. The molecule has 104 valence electrons. The third-order valence-corrected chi connectivity index (χ3v) is 3.12. The van der Waals surface area contributed by atoms with Crippen molar-refractivity contribution in [2.24, 2.45) is 0 Å². The number of carbonyl (C=O) groups excluding carboxylic acids is 1. The molecule has 2 aromatic rings. The molecule has 0 unspecified atom stereocenters. The molecule has 2 N–H and O–H groups in total. The minimum Gasteiger partial charge on any atom is -0.457 e. The molecule has 0 spiro atoms. The highest BCUT2D eigenvalue weighted by Crippen LogP contribution is 2.15. The van der Waals surface area contributed by atoms with Crippen molar-refractivity contribution in [2.45, 2.75) is 27.4 Å². The summed E-state index contributed by atoms with van der Waals surface area (Å²) < 4.78 is 5.37. The van der Waals surface area contributed by atoms with E-state index in [9.17, 15) is 4.79 Å². The van der Waals surface area contributed by atoms with Gasteiger partial charge in [0.15, 0.2) is 0 Å². The number of nitrogens with two attached hydrogens (primary N) is 1. The molecule has 0 heterocycles. The lowest BCUT2D eigenvalue weighted by Gasteiger charge is -2.09. The Bertz CT molecular complexity index is 627. The maximum Gasteiger partial charge on any atom is 0.338 e. The second-order valence-corrected chi connectivity index (χ2v) is 5.15. The van der Waals surface area contributed by atoms with Crippen molar-refractivity contribution >= 4 is 11.7 Å². The molecule has 3 heteroatoms. The van der Waals surface area contributed by atoms with Crippen molar-refractivity contribution in [1.82, 2.24) is 0 Å². The highest BCUT2D eigenvalue weighted by Gasteiger charge is 2.10. The summed E-state index contributed by atoms with van der Waals surface area (Å²) in [6.45, 7) is 6.19. The number of hydrogen-bond donors (Lipinski definition) is 1. The van der Waals surface area contributed by atoms with Gasteiger partial charge >= 0.3 is 5.97 Å². The van der Waals surface area contributed by atoms with Crippen molar-refractivity contribution < 1.29 is 9.53 Å². The first-order valence-corrected chi connectivity index (χ1v) is 6.56. The van der Waals surface area contributed by atoms with Gasteiger partial charge in [-0.1, -0.05) is 29.3 Å². The van der Waals surface area contributed by atoms with Crippen LogP contribution in [0.3, 0.4) is 0 Å². The first kappa shape index (κ1) is 14.1. The molecule has 0 aliphatic carbocycles. The Morgan fingerprint density at radius 1 is 1.05 bits per heavy atom. The fourth-order valence-corrected chi connectivity index (χ4v) is 2.29. The number of hydrogen-bond acceptors (Lipinski definition) is 3. The zero-order chi connectivity index (χ0) is 14.7. The average molecular weight is 269 g/mol. The fourth-order valence-electron chi connectivity index (χ4n) is 2.29. The maximum absolute atomic E-state index is 12.1. The highest BCUT2D eigenvalue weighted by molar-refractivity contribution is 5.91. The van der Waals surface area contributed by atoms with Crippen LogP contribution < -0.4 is 5.73 Å². The van der Waals surface area contributed by atoms with Crippen LogP contribution in [0.25, 0.3) is 0 Å². The summed E-state index contributed by atoms with van der Waals surface area (Å²) in [6.07, 6.45) is 0. The Morgan fingerprint density at radius 2 is 1.70 bits per heavy atom. The van der Waals surface area contributed by atoms with Crippen LogP contribution in [0.2, 0.25) is 0 Å². The molecule has 0 saturated heterocycles. The molecule has 0 saturated carbocycles. The Kier molecular flexibility index (Phi) is 4.08. The summed E-state index contributed by atoms with van der Waals surface area (Å²) in [5.41, 5.74) is 11.0. The fraction of sp³-hybridized carbons (Fsp3) is 0.235. The number of ether oxygens (including phenoxy) is 1. The van der Waals surface area contributed by atoms with Crippen LogP contribution >= 0.6 is 0 Å². The maximum atomic E-state index is 12.1. The number of carbonyl (C=O) groups is 1. The van der Waals surface area contributed by atoms with Crippen LogP contribution in [0, 0.1) is 20.8 Å². The van der Waals surface area contributed by atoms with Crippen LogP contribution in [0.15, 0.2) is 36.4 Å². The molecule has 20 heavy (non-hydrogen) atoms. The lowest BCUT2D eigenvalue weighted by molar-refractivity contribution is 0.0471. The monoisotopic (exact) mass is 269 g/mol. The Hall–Kier alpha value is -2.29. The number of rotatable bonds is 3. The molecule has 0 fully saturated rings. The van der Waals surface area contributed by atoms with E-state index in [1.54, 1.807) is 18.2 Å². The summed E-state index contributed by atoms with van der Waals surface area (Å²) in [7, 11) is 0. The van der Waals surface area contributed by atoms with Crippen molar-refractivity contribution in [3.8, 4) is 0 Å². The van der Waals surface area contributed by atoms with Gasteiger partial charge in [-0.05, 0) is 50.1 Å². The van der Waals surface area contributed by atoms with Gasteiger partial charge in [-0.2, -0.15) is 0 Å². The molecule has 0 atom stereocenters. The van der Waals surface area contributed by atoms with Gasteiger partial charge in [-0.15, -0.1) is 0 Å². The van der Waals surface area contributed by atoms with E-state index in [4.69, 9.17) is 10.5 Å². The molecule has 3 nitrogen and oxygen atoms in total. The topological polar surface area (TPSA) is 52.3 Å². The van der Waals surface area contributed by atoms with Crippen molar-refractivity contribution in [3.05, 3.63) is 64.2 Å². The standard InChI is InChI=1S/C17H19NO2/c1-11-6-12(2)8-14(7-11)10-20-17(19)16-5-4-15(18)9-13(16)3/h4-9H,10,18H2,1-3H3. The molecule has 0 aliphatic heterocycles. The molecule has 0 aromatic heterocycles. The molecular formula is C17H19NO2. The first-order valence-electron chi connectivity index (χ1n) is 6.56. The van der Waals surface area contributed by atoms with Gasteiger partial charge in [0.2, 0.25) is 0 Å². The van der Waals surface area contributed by atoms with Gasteiger partial charge in [0, 0.05) is 5.69 Å². The SMILES string of the molecule is Cc1cc(C)cc(COC(=O)c2ccc(N)cc2C)c1. The van der Waals surface area contributed by atoms with Gasteiger partial charge in [0.1, 0.15) is 6.61 Å². The van der Waals surface area contributed by atoms with Crippen LogP contribution in [-0.4, -0.2) is 5.97 Å². The van der Waals surface area contributed by atoms with Crippen LogP contribution in [0.5, 0.6) is 0 Å². The van der Waals surface area contributed by atoms with Gasteiger partial charge < -0.3 is 10.5 Å². The second-order valence-electron chi connectivity index (χ2n) is 5.15. The Balaban J connectivity index is 2.08. The van der Waals surface area contributed by atoms with Gasteiger partial charge in [-0.25, -0.2) is 4.79 Å². The minimum atomic E-state index is -0.318. The third kappa shape index (κ3) is 3.38. The predicted molar refractivity (Wildman–Crippen MR) is 80.6 cm³/mol. The third-order valence-electron chi connectivity index (χ3n) is 3.12. The molecule has 0 aliphatic rings. The molecule has 0 amide bonds. The Labute approximate surface area is 119 Å².